The molecule has 5 rings (SSSR count). The standard InChI is InChI=1S/C30H30F2O9/c1-14-9-16-11-21-25(40-13-39-21)26(37-5)22(16)23-17(12-20(35-3)24(36-4)27(23)38-6)28(30(14,2)34)41-29(33)15-7-8-18(31)19(32)10-15/h7-8,10-12,14,28,34H,9,13H2,1-6H3/t14-,28-,30-/m0/s1. The Morgan fingerprint density at radius 2 is 1.63 bits per heavy atom. The third-order valence-corrected chi connectivity index (χ3v) is 7.73. The lowest BCUT2D eigenvalue weighted by Crippen LogP contribution is -2.43. The molecule has 1 aliphatic carbocycles. The Kier molecular flexibility index (Phi) is 7.33. The molecular formula is C30H30F2O9. The summed E-state index contributed by atoms with van der Waals surface area (Å²) in [5, 5.41) is 12.0. The van der Waals surface area contributed by atoms with Crippen molar-refractivity contribution < 1.29 is 51.8 Å². The van der Waals surface area contributed by atoms with Crippen LogP contribution in [0, 0.1) is 17.6 Å². The first-order valence-electron chi connectivity index (χ1n) is 12.8. The number of carbonyl (C=O) groups excluding carboxylic acids is 1. The highest BCUT2D eigenvalue weighted by Gasteiger charge is 2.47. The van der Waals surface area contributed by atoms with E-state index in [1.54, 1.807) is 13.0 Å². The van der Waals surface area contributed by atoms with Gasteiger partial charge in [-0.05, 0) is 55.2 Å². The quantitative estimate of drug-likeness (QED) is 0.398. The molecule has 3 aromatic carbocycles. The maximum absolute atomic E-state index is 14.0. The van der Waals surface area contributed by atoms with Crippen LogP contribution in [-0.2, 0) is 11.2 Å². The Bertz CT molecular complexity index is 1520. The number of benzene rings is 3. The van der Waals surface area contributed by atoms with E-state index in [4.69, 9.17) is 33.2 Å². The monoisotopic (exact) mass is 572 g/mol. The van der Waals surface area contributed by atoms with Gasteiger partial charge in [0.2, 0.25) is 18.3 Å². The highest BCUT2D eigenvalue weighted by molar-refractivity contribution is 5.91. The number of carbonyl (C=O) groups is 1. The first-order chi connectivity index (χ1) is 19.6. The minimum Gasteiger partial charge on any atom is -0.493 e. The molecule has 0 bridgehead atoms. The summed E-state index contributed by atoms with van der Waals surface area (Å²) < 4.78 is 68.0. The van der Waals surface area contributed by atoms with Crippen molar-refractivity contribution in [2.75, 3.05) is 35.2 Å². The second-order valence-corrected chi connectivity index (χ2v) is 10.0. The molecule has 0 spiro atoms. The van der Waals surface area contributed by atoms with Crippen LogP contribution in [0.1, 0.15) is 41.4 Å². The van der Waals surface area contributed by atoms with Crippen LogP contribution in [0.2, 0.25) is 0 Å². The van der Waals surface area contributed by atoms with Crippen molar-refractivity contribution in [3.8, 4) is 45.6 Å². The van der Waals surface area contributed by atoms with Crippen LogP contribution in [0.5, 0.6) is 34.5 Å². The number of hydrogen-bond acceptors (Lipinski definition) is 9. The summed E-state index contributed by atoms with van der Waals surface area (Å²) in [5.74, 6) is -1.88. The van der Waals surface area contributed by atoms with Gasteiger partial charge in [-0.15, -0.1) is 0 Å². The fraction of sp³-hybridized carbons (Fsp3) is 0.367. The van der Waals surface area contributed by atoms with Crippen LogP contribution in [0.25, 0.3) is 11.1 Å². The van der Waals surface area contributed by atoms with Gasteiger partial charge in [0.15, 0.2) is 40.7 Å². The van der Waals surface area contributed by atoms with Gasteiger partial charge in [-0.25, -0.2) is 13.6 Å². The largest absolute Gasteiger partial charge is 0.493 e. The molecular weight excluding hydrogens is 542 g/mol. The molecule has 3 atom stereocenters. The van der Waals surface area contributed by atoms with Gasteiger partial charge in [0.05, 0.1) is 34.0 Å². The molecule has 11 heteroatoms. The Hall–Kier alpha value is -4.25. The molecule has 0 radical (unpaired) electrons. The van der Waals surface area contributed by atoms with Crippen molar-refractivity contribution in [3.63, 3.8) is 0 Å². The van der Waals surface area contributed by atoms with E-state index in [1.165, 1.54) is 28.4 Å². The minimum atomic E-state index is -1.69. The van der Waals surface area contributed by atoms with Gasteiger partial charge >= 0.3 is 5.97 Å². The lowest BCUT2D eigenvalue weighted by molar-refractivity contribution is -0.107. The smallest absolute Gasteiger partial charge is 0.338 e. The highest BCUT2D eigenvalue weighted by Crippen LogP contribution is 2.59. The SMILES string of the molecule is COc1cc2c(c(OC)c1OC)-c1c(cc3c(c1OC)OCO3)C[C@H](C)[C@](C)(O)[C@H]2OC(=O)c1ccc(F)c(F)c1. The van der Waals surface area contributed by atoms with Crippen molar-refractivity contribution >= 4 is 5.97 Å². The molecule has 0 saturated carbocycles. The zero-order valence-corrected chi connectivity index (χ0v) is 23.4. The van der Waals surface area contributed by atoms with Crippen LogP contribution in [0.3, 0.4) is 0 Å². The third kappa shape index (κ3) is 4.54. The molecule has 0 unspecified atom stereocenters. The summed E-state index contributed by atoms with van der Waals surface area (Å²) in [5.41, 5.74) is 0.0760. The summed E-state index contributed by atoms with van der Waals surface area (Å²) in [6, 6.07) is 6.09. The molecule has 1 N–H and O–H groups in total. The average molecular weight is 573 g/mol. The Morgan fingerprint density at radius 1 is 0.927 bits per heavy atom. The maximum atomic E-state index is 14.0. The number of hydrogen-bond donors (Lipinski definition) is 1. The van der Waals surface area contributed by atoms with E-state index in [0.717, 1.165) is 23.8 Å². The normalized spacial score (nSPS) is 20.7. The number of halogens is 2. The zero-order valence-electron chi connectivity index (χ0n) is 23.4. The summed E-state index contributed by atoms with van der Waals surface area (Å²) in [4.78, 5) is 13.4. The molecule has 9 nitrogen and oxygen atoms in total. The lowest BCUT2D eigenvalue weighted by Gasteiger charge is -2.41. The number of ether oxygens (including phenoxy) is 7. The summed E-state index contributed by atoms with van der Waals surface area (Å²) in [6.07, 6.45) is -1.05. The van der Waals surface area contributed by atoms with Crippen LogP contribution in [0.4, 0.5) is 8.78 Å². The molecule has 1 heterocycles. The van der Waals surface area contributed by atoms with Crippen molar-refractivity contribution in [1.29, 1.82) is 0 Å². The first-order valence-corrected chi connectivity index (χ1v) is 12.8. The van der Waals surface area contributed by atoms with Gasteiger partial charge in [-0.2, -0.15) is 0 Å². The third-order valence-electron chi connectivity index (χ3n) is 7.73. The fourth-order valence-electron chi connectivity index (χ4n) is 5.42. The Balaban J connectivity index is 1.84. The van der Waals surface area contributed by atoms with Crippen LogP contribution in [-0.4, -0.2) is 51.9 Å². The second-order valence-electron chi connectivity index (χ2n) is 10.0. The first kappa shape index (κ1) is 28.3. The summed E-state index contributed by atoms with van der Waals surface area (Å²) in [6.45, 7) is 3.34. The molecule has 1 aliphatic heterocycles. The van der Waals surface area contributed by atoms with Gasteiger partial charge in [0.25, 0.3) is 0 Å². The number of fused-ring (bicyclic) bond motifs is 4. The molecule has 0 aromatic heterocycles. The predicted octanol–water partition coefficient (Wildman–Crippen LogP) is 5.24. The molecule has 2 aliphatic rings. The summed E-state index contributed by atoms with van der Waals surface area (Å²) >= 11 is 0. The summed E-state index contributed by atoms with van der Waals surface area (Å²) in [7, 11) is 5.82. The van der Waals surface area contributed by atoms with E-state index in [0.29, 0.717) is 40.4 Å². The highest BCUT2D eigenvalue weighted by atomic mass is 19.2. The average Bonchev–Trinajstić information content (AvgIpc) is 3.43. The van der Waals surface area contributed by atoms with Crippen LogP contribution >= 0.6 is 0 Å². The molecule has 0 amide bonds. The number of rotatable bonds is 6. The minimum absolute atomic E-state index is 0.00769. The van der Waals surface area contributed by atoms with Crippen molar-refractivity contribution in [1.82, 2.24) is 0 Å². The second kappa shape index (κ2) is 10.6. The zero-order chi connectivity index (χ0) is 29.6. The van der Waals surface area contributed by atoms with E-state index in [9.17, 15) is 18.7 Å². The predicted molar refractivity (Wildman–Crippen MR) is 142 cm³/mol. The fourth-order valence-corrected chi connectivity index (χ4v) is 5.42. The maximum Gasteiger partial charge on any atom is 0.338 e. The Labute approximate surface area is 235 Å². The van der Waals surface area contributed by atoms with Crippen molar-refractivity contribution in [2.45, 2.75) is 32.0 Å². The topological polar surface area (TPSA) is 102 Å². The molecule has 0 fully saturated rings. The number of esters is 1. The van der Waals surface area contributed by atoms with Crippen LogP contribution in [0.15, 0.2) is 30.3 Å². The van der Waals surface area contributed by atoms with Gasteiger partial charge in [-0.3, -0.25) is 0 Å². The van der Waals surface area contributed by atoms with E-state index >= 15 is 0 Å². The van der Waals surface area contributed by atoms with Crippen LogP contribution < -0.4 is 28.4 Å². The Morgan fingerprint density at radius 3 is 2.27 bits per heavy atom. The number of methoxy groups -OCH3 is 4. The molecule has 3 aromatic rings. The van der Waals surface area contributed by atoms with E-state index in [2.05, 4.69) is 0 Å². The van der Waals surface area contributed by atoms with Crippen molar-refractivity contribution in [3.05, 3.63) is 58.7 Å². The van der Waals surface area contributed by atoms with Gasteiger partial charge in [-0.1, -0.05) is 6.92 Å². The number of aliphatic hydroxyl groups is 1. The van der Waals surface area contributed by atoms with E-state index in [1.807, 2.05) is 13.0 Å². The van der Waals surface area contributed by atoms with Gasteiger partial charge in [0.1, 0.15) is 5.60 Å². The van der Waals surface area contributed by atoms with Gasteiger partial charge in [0, 0.05) is 16.7 Å². The van der Waals surface area contributed by atoms with E-state index < -0.39 is 35.2 Å². The van der Waals surface area contributed by atoms with Crippen molar-refractivity contribution in [2.24, 2.45) is 5.92 Å². The van der Waals surface area contributed by atoms with E-state index in [-0.39, 0.29) is 29.6 Å². The lowest BCUT2D eigenvalue weighted by atomic mass is 9.73. The molecule has 218 valence electrons. The molecule has 0 saturated heterocycles. The molecule has 41 heavy (non-hydrogen) atoms. The van der Waals surface area contributed by atoms with Gasteiger partial charge < -0.3 is 38.3 Å².